The highest BCUT2D eigenvalue weighted by Crippen LogP contribution is 2.22. The lowest BCUT2D eigenvalue weighted by Gasteiger charge is -2.17. The van der Waals surface area contributed by atoms with Crippen molar-refractivity contribution in [1.82, 2.24) is 5.32 Å². The van der Waals surface area contributed by atoms with E-state index in [0.717, 1.165) is 0 Å². The zero-order chi connectivity index (χ0) is 15.7. The summed E-state index contributed by atoms with van der Waals surface area (Å²) in [6, 6.07) is 8.55. The fraction of sp³-hybridized carbons (Fsp3) is 0.200. The van der Waals surface area contributed by atoms with E-state index < -0.39 is 0 Å². The number of benzene rings is 1. The molecule has 1 N–H and O–H groups in total. The van der Waals surface area contributed by atoms with Crippen LogP contribution in [0.5, 0.6) is 0 Å². The maximum atomic E-state index is 12.9. The Bertz CT molecular complexity index is 714. The van der Waals surface area contributed by atoms with E-state index in [1.165, 1.54) is 17.0 Å². The second-order valence-corrected chi connectivity index (χ2v) is 5.74. The number of carbonyl (C=O) groups excluding carboxylic acids is 2. The Kier molecular flexibility index (Phi) is 3.98. The van der Waals surface area contributed by atoms with Gasteiger partial charge in [0.2, 0.25) is 5.91 Å². The van der Waals surface area contributed by atoms with Gasteiger partial charge in [-0.1, -0.05) is 0 Å². The first-order valence-electron chi connectivity index (χ1n) is 6.65. The van der Waals surface area contributed by atoms with Crippen LogP contribution >= 0.6 is 15.9 Å². The molecule has 0 radical (unpaired) electrons. The van der Waals surface area contributed by atoms with Gasteiger partial charge in [0.05, 0.1) is 6.04 Å². The summed E-state index contributed by atoms with van der Waals surface area (Å²) in [7, 11) is 0. The summed E-state index contributed by atoms with van der Waals surface area (Å²) in [6.45, 7) is 0.345. The fourth-order valence-electron chi connectivity index (χ4n) is 2.37. The minimum atomic E-state index is -0.371. The molecule has 2 heterocycles. The topological polar surface area (TPSA) is 62.6 Å². The number of halogens is 2. The fourth-order valence-corrected chi connectivity index (χ4v) is 2.67. The molecular weight excluding hydrogens is 355 g/mol. The molecule has 1 atom stereocenters. The third-order valence-corrected chi connectivity index (χ3v) is 3.82. The van der Waals surface area contributed by atoms with Crippen LogP contribution in [0.3, 0.4) is 0 Å². The molecule has 0 aliphatic carbocycles. The van der Waals surface area contributed by atoms with Crippen LogP contribution in [-0.4, -0.2) is 24.4 Å². The zero-order valence-corrected chi connectivity index (χ0v) is 13.0. The molecule has 114 valence electrons. The number of carbonyl (C=O) groups is 2. The summed E-state index contributed by atoms with van der Waals surface area (Å²) in [5.74, 6) is -0.662. The predicted octanol–water partition coefficient (Wildman–Crippen LogP) is 2.72. The third kappa shape index (κ3) is 3.04. The maximum Gasteiger partial charge on any atom is 0.287 e. The van der Waals surface area contributed by atoms with Crippen molar-refractivity contribution in [3.8, 4) is 0 Å². The van der Waals surface area contributed by atoms with Gasteiger partial charge in [0.15, 0.2) is 10.4 Å². The van der Waals surface area contributed by atoms with Crippen molar-refractivity contribution in [3.05, 3.63) is 52.6 Å². The molecule has 1 fully saturated rings. The lowest BCUT2D eigenvalue weighted by atomic mass is 10.2. The molecule has 1 aromatic heterocycles. The normalized spacial score (nSPS) is 17.8. The Balaban J connectivity index is 1.67. The number of hydrogen-bond acceptors (Lipinski definition) is 3. The van der Waals surface area contributed by atoms with E-state index in [-0.39, 0.29) is 35.9 Å². The van der Waals surface area contributed by atoms with Crippen LogP contribution in [-0.2, 0) is 4.79 Å². The predicted molar refractivity (Wildman–Crippen MR) is 81.0 cm³/mol. The van der Waals surface area contributed by atoms with Gasteiger partial charge in [0.1, 0.15) is 5.82 Å². The molecule has 0 bridgehead atoms. The monoisotopic (exact) mass is 366 g/mol. The molecule has 2 amide bonds. The summed E-state index contributed by atoms with van der Waals surface area (Å²) in [6.07, 6.45) is 0.199. The van der Waals surface area contributed by atoms with Crippen molar-refractivity contribution in [3.63, 3.8) is 0 Å². The maximum absolute atomic E-state index is 12.9. The second kappa shape index (κ2) is 5.92. The van der Waals surface area contributed by atoms with Crippen molar-refractivity contribution in [2.75, 3.05) is 11.4 Å². The van der Waals surface area contributed by atoms with Crippen molar-refractivity contribution in [2.24, 2.45) is 0 Å². The quantitative estimate of drug-likeness (QED) is 0.908. The molecule has 22 heavy (non-hydrogen) atoms. The van der Waals surface area contributed by atoms with Gasteiger partial charge in [0, 0.05) is 18.7 Å². The van der Waals surface area contributed by atoms with Crippen LogP contribution in [0.15, 0.2) is 45.5 Å². The average molecular weight is 367 g/mol. The summed E-state index contributed by atoms with van der Waals surface area (Å²) >= 11 is 3.13. The van der Waals surface area contributed by atoms with Gasteiger partial charge in [-0.05, 0) is 52.3 Å². The molecular formula is C15H12BrFN2O3. The molecule has 2 aromatic rings. The van der Waals surface area contributed by atoms with E-state index in [1.54, 1.807) is 24.3 Å². The first-order valence-corrected chi connectivity index (χ1v) is 7.44. The molecule has 1 saturated heterocycles. The van der Waals surface area contributed by atoms with Gasteiger partial charge in [-0.2, -0.15) is 0 Å². The minimum absolute atomic E-state index is 0.113. The lowest BCUT2D eigenvalue weighted by Crippen LogP contribution is -2.37. The van der Waals surface area contributed by atoms with Crippen molar-refractivity contribution < 1.29 is 18.4 Å². The molecule has 5 nitrogen and oxygen atoms in total. The lowest BCUT2D eigenvalue weighted by molar-refractivity contribution is -0.117. The number of nitrogens with zero attached hydrogens (tertiary/aromatic N) is 1. The molecule has 7 heteroatoms. The number of rotatable bonds is 3. The van der Waals surface area contributed by atoms with E-state index in [9.17, 15) is 14.0 Å². The average Bonchev–Trinajstić information content (AvgIpc) is 3.06. The highest BCUT2D eigenvalue weighted by molar-refractivity contribution is 9.10. The Labute approximate surface area is 134 Å². The number of hydrogen-bond donors (Lipinski definition) is 1. The van der Waals surface area contributed by atoms with E-state index >= 15 is 0 Å². The Morgan fingerprint density at radius 2 is 2.00 bits per heavy atom. The molecule has 1 unspecified atom stereocenters. The van der Waals surface area contributed by atoms with Crippen LogP contribution in [0, 0.1) is 5.82 Å². The van der Waals surface area contributed by atoms with Crippen LogP contribution in [0.2, 0.25) is 0 Å². The molecule has 1 aliphatic heterocycles. The van der Waals surface area contributed by atoms with Gasteiger partial charge in [-0.3, -0.25) is 9.59 Å². The van der Waals surface area contributed by atoms with Crippen LogP contribution in [0.1, 0.15) is 17.0 Å². The molecule has 0 saturated carbocycles. The number of anilines is 1. The summed E-state index contributed by atoms with van der Waals surface area (Å²) < 4.78 is 18.6. The van der Waals surface area contributed by atoms with E-state index in [1.807, 2.05) is 0 Å². The summed E-state index contributed by atoms with van der Waals surface area (Å²) in [4.78, 5) is 25.6. The third-order valence-electron chi connectivity index (χ3n) is 3.40. The standard InChI is InChI=1S/C15H12BrFN2O3/c16-13-6-5-12(22-13)15(21)18-10-7-14(20)19(8-10)11-3-1-9(17)2-4-11/h1-6,10H,7-8H2,(H,18,21). The SMILES string of the molecule is O=C(NC1CC(=O)N(c2ccc(F)cc2)C1)c1ccc(Br)o1. The number of furan rings is 1. The Hall–Kier alpha value is -2.15. The van der Waals surface area contributed by atoms with Gasteiger partial charge >= 0.3 is 0 Å². The molecule has 1 aromatic carbocycles. The Morgan fingerprint density at radius 1 is 1.27 bits per heavy atom. The molecule has 0 spiro atoms. The van der Waals surface area contributed by atoms with Crippen LogP contribution < -0.4 is 10.2 Å². The first-order chi connectivity index (χ1) is 10.5. The van der Waals surface area contributed by atoms with Gasteiger partial charge in [0.25, 0.3) is 5.91 Å². The zero-order valence-electron chi connectivity index (χ0n) is 11.4. The van der Waals surface area contributed by atoms with Crippen LogP contribution in [0.25, 0.3) is 0 Å². The largest absolute Gasteiger partial charge is 0.444 e. The minimum Gasteiger partial charge on any atom is -0.444 e. The van der Waals surface area contributed by atoms with Crippen LogP contribution in [0.4, 0.5) is 10.1 Å². The highest BCUT2D eigenvalue weighted by Gasteiger charge is 2.32. The van der Waals surface area contributed by atoms with E-state index in [2.05, 4.69) is 21.2 Å². The second-order valence-electron chi connectivity index (χ2n) is 4.96. The highest BCUT2D eigenvalue weighted by atomic mass is 79.9. The summed E-state index contributed by atoms with van der Waals surface area (Å²) in [5.41, 5.74) is 0.615. The van der Waals surface area contributed by atoms with E-state index in [0.29, 0.717) is 16.9 Å². The van der Waals surface area contributed by atoms with Crippen molar-refractivity contribution in [1.29, 1.82) is 0 Å². The number of amides is 2. The molecule has 1 aliphatic rings. The van der Waals surface area contributed by atoms with Gasteiger partial charge in [-0.25, -0.2) is 4.39 Å². The Morgan fingerprint density at radius 3 is 2.64 bits per heavy atom. The van der Waals surface area contributed by atoms with Gasteiger partial charge < -0.3 is 14.6 Å². The van der Waals surface area contributed by atoms with E-state index in [4.69, 9.17) is 4.42 Å². The van der Waals surface area contributed by atoms with Gasteiger partial charge in [-0.15, -0.1) is 0 Å². The smallest absolute Gasteiger partial charge is 0.287 e. The first kappa shape index (κ1) is 14.8. The van der Waals surface area contributed by atoms with Crippen molar-refractivity contribution >= 4 is 33.4 Å². The van der Waals surface area contributed by atoms with Crippen molar-refractivity contribution in [2.45, 2.75) is 12.5 Å². The number of nitrogens with one attached hydrogen (secondary N) is 1. The summed E-state index contributed by atoms with van der Waals surface area (Å²) in [5, 5.41) is 2.76. The molecule has 3 rings (SSSR count).